The molecule has 0 radical (unpaired) electrons. The number of benzene rings is 1. The first-order valence-electron chi connectivity index (χ1n) is 8.54. The number of nitrogens with zero attached hydrogens (tertiary/aromatic N) is 3. The molecular weight excluding hydrogens is 304 g/mol. The first kappa shape index (κ1) is 16.5. The van der Waals surface area contributed by atoms with Gasteiger partial charge < -0.3 is 14.7 Å². The van der Waals surface area contributed by atoms with Crippen molar-refractivity contribution in [2.24, 2.45) is 0 Å². The number of aromatic nitrogens is 2. The Morgan fingerprint density at radius 1 is 1.25 bits per heavy atom. The van der Waals surface area contributed by atoms with E-state index in [1.165, 1.54) is 5.56 Å². The molecule has 0 aliphatic carbocycles. The average Bonchev–Trinajstić information content (AvgIpc) is 2.86. The summed E-state index contributed by atoms with van der Waals surface area (Å²) in [5, 5.41) is 6.89. The number of amides is 2. The van der Waals surface area contributed by atoms with E-state index < -0.39 is 0 Å². The molecule has 128 valence electrons. The predicted octanol–water partition coefficient (Wildman–Crippen LogP) is 3.51. The van der Waals surface area contributed by atoms with Crippen molar-refractivity contribution in [1.29, 1.82) is 0 Å². The third-order valence-corrected chi connectivity index (χ3v) is 4.41. The average molecular weight is 328 g/mol. The highest BCUT2D eigenvalue weighted by molar-refractivity contribution is 5.74. The van der Waals surface area contributed by atoms with Gasteiger partial charge >= 0.3 is 6.03 Å². The molecule has 1 atom stereocenters. The van der Waals surface area contributed by atoms with Gasteiger partial charge in [0.25, 0.3) is 0 Å². The fourth-order valence-electron chi connectivity index (χ4n) is 3.04. The Kier molecular flexibility index (Phi) is 5.13. The molecule has 2 aromatic rings. The van der Waals surface area contributed by atoms with Crippen LogP contribution in [0, 0.1) is 13.8 Å². The van der Waals surface area contributed by atoms with Gasteiger partial charge in [0.15, 0.2) is 5.82 Å². The summed E-state index contributed by atoms with van der Waals surface area (Å²) in [4.78, 5) is 18.9. The minimum atomic E-state index is -0.133. The number of urea groups is 1. The van der Waals surface area contributed by atoms with E-state index in [2.05, 4.69) is 34.5 Å². The lowest BCUT2D eigenvalue weighted by atomic mass is 10.1. The third-order valence-electron chi connectivity index (χ3n) is 4.41. The van der Waals surface area contributed by atoms with E-state index in [1.54, 1.807) is 6.92 Å². The quantitative estimate of drug-likeness (QED) is 0.936. The molecule has 2 amide bonds. The summed E-state index contributed by atoms with van der Waals surface area (Å²) in [5.74, 6) is 1.15. The van der Waals surface area contributed by atoms with Gasteiger partial charge in [-0.15, -0.1) is 0 Å². The Morgan fingerprint density at radius 3 is 2.75 bits per heavy atom. The van der Waals surface area contributed by atoms with Crippen LogP contribution in [-0.2, 0) is 6.54 Å². The molecule has 6 heteroatoms. The fraction of sp³-hybridized carbons (Fsp3) is 0.500. The molecule has 1 unspecified atom stereocenters. The number of carbonyl (C=O) groups excluding carboxylic acids is 1. The predicted molar refractivity (Wildman–Crippen MR) is 90.4 cm³/mol. The van der Waals surface area contributed by atoms with Crippen LogP contribution < -0.4 is 5.32 Å². The van der Waals surface area contributed by atoms with Gasteiger partial charge in [0, 0.05) is 13.1 Å². The molecule has 1 aliphatic heterocycles. The van der Waals surface area contributed by atoms with Gasteiger partial charge in [-0.25, -0.2) is 4.79 Å². The van der Waals surface area contributed by atoms with E-state index in [9.17, 15) is 4.79 Å². The number of rotatable bonds is 3. The summed E-state index contributed by atoms with van der Waals surface area (Å²) in [5.41, 5.74) is 2.30. The number of nitrogens with one attached hydrogen (secondary N) is 1. The van der Waals surface area contributed by atoms with Crippen molar-refractivity contribution >= 4 is 6.03 Å². The summed E-state index contributed by atoms with van der Waals surface area (Å²) < 4.78 is 5.33. The second kappa shape index (κ2) is 7.47. The summed E-state index contributed by atoms with van der Waals surface area (Å²) in [6.45, 7) is 5.08. The van der Waals surface area contributed by atoms with E-state index in [0.29, 0.717) is 24.8 Å². The molecule has 24 heavy (non-hydrogen) atoms. The number of aryl methyl sites for hydroxylation is 2. The van der Waals surface area contributed by atoms with Crippen molar-refractivity contribution in [3.8, 4) is 0 Å². The van der Waals surface area contributed by atoms with Gasteiger partial charge in [-0.05, 0) is 32.3 Å². The SMILES string of the molecule is Cc1ccc(CNC(=O)N2CCCCCC2c2nc(C)no2)cc1. The highest BCUT2D eigenvalue weighted by Gasteiger charge is 2.30. The van der Waals surface area contributed by atoms with E-state index in [4.69, 9.17) is 4.52 Å². The second-order valence-corrected chi connectivity index (χ2v) is 6.38. The Morgan fingerprint density at radius 2 is 2.04 bits per heavy atom. The Bertz CT molecular complexity index is 681. The molecule has 1 N–H and O–H groups in total. The van der Waals surface area contributed by atoms with Gasteiger partial charge in [-0.1, -0.05) is 47.8 Å². The normalized spacial score (nSPS) is 18.2. The number of hydrogen-bond donors (Lipinski definition) is 1. The molecule has 3 rings (SSSR count). The second-order valence-electron chi connectivity index (χ2n) is 6.38. The zero-order valence-corrected chi connectivity index (χ0v) is 14.3. The maximum atomic E-state index is 12.7. The zero-order chi connectivity index (χ0) is 16.9. The Hall–Kier alpha value is -2.37. The van der Waals surface area contributed by atoms with Gasteiger partial charge in [0.1, 0.15) is 6.04 Å². The largest absolute Gasteiger partial charge is 0.337 e. The number of carbonyl (C=O) groups is 1. The van der Waals surface area contributed by atoms with Crippen LogP contribution in [-0.4, -0.2) is 27.6 Å². The Labute approximate surface area is 142 Å². The molecule has 1 aromatic carbocycles. The van der Waals surface area contributed by atoms with Crippen molar-refractivity contribution in [3.63, 3.8) is 0 Å². The third kappa shape index (κ3) is 3.93. The van der Waals surface area contributed by atoms with Crippen LogP contribution in [0.3, 0.4) is 0 Å². The van der Waals surface area contributed by atoms with E-state index in [0.717, 1.165) is 31.2 Å². The van der Waals surface area contributed by atoms with Crippen molar-refractivity contribution in [2.75, 3.05) is 6.54 Å². The van der Waals surface area contributed by atoms with Crippen molar-refractivity contribution < 1.29 is 9.32 Å². The first-order chi connectivity index (χ1) is 11.6. The van der Waals surface area contributed by atoms with Crippen molar-refractivity contribution in [1.82, 2.24) is 20.4 Å². The van der Waals surface area contributed by atoms with Gasteiger partial charge in [-0.3, -0.25) is 0 Å². The van der Waals surface area contributed by atoms with Gasteiger partial charge in [0.05, 0.1) is 0 Å². The molecular formula is C18H24N4O2. The summed E-state index contributed by atoms with van der Waals surface area (Å²) in [6, 6.07) is 7.98. The van der Waals surface area contributed by atoms with Gasteiger partial charge in [-0.2, -0.15) is 4.98 Å². The van der Waals surface area contributed by atoms with Crippen LogP contribution in [0.5, 0.6) is 0 Å². The lowest BCUT2D eigenvalue weighted by Gasteiger charge is -2.27. The topological polar surface area (TPSA) is 71.3 Å². The minimum Gasteiger partial charge on any atom is -0.337 e. The van der Waals surface area contributed by atoms with E-state index in [1.807, 2.05) is 17.0 Å². The molecule has 1 saturated heterocycles. The molecule has 0 saturated carbocycles. The summed E-state index contributed by atoms with van der Waals surface area (Å²) in [6.07, 6.45) is 4.04. The summed E-state index contributed by atoms with van der Waals surface area (Å²) in [7, 11) is 0. The maximum absolute atomic E-state index is 12.7. The number of hydrogen-bond acceptors (Lipinski definition) is 4. The molecule has 0 spiro atoms. The molecule has 6 nitrogen and oxygen atoms in total. The smallest absolute Gasteiger partial charge is 0.318 e. The lowest BCUT2D eigenvalue weighted by Crippen LogP contribution is -2.42. The van der Waals surface area contributed by atoms with Crippen LogP contribution in [0.1, 0.15) is 54.6 Å². The van der Waals surface area contributed by atoms with Gasteiger partial charge in [0.2, 0.25) is 5.89 Å². The molecule has 1 fully saturated rings. The summed E-state index contributed by atoms with van der Waals surface area (Å²) >= 11 is 0. The van der Waals surface area contributed by atoms with E-state index in [-0.39, 0.29) is 12.1 Å². The highest BCUT2D eigenvalue weighted by atomic mass is 16.5. The monoisotopic (exact) mass is 328 g/mol. The fourth-order valence-corrected chi connectivity index (χ4v) is 3.04. The molecule has 1 aromatic heterocycles. The standard InChI is InChI=1S/C18H24N4O2/c1-13-7-9-15(10-8-13)12-19-18(23)22-11-5-3-4-6-16(22)17-20-14(2)21-24-17/h7-10,16H,3-6,11-12H2,1-2H3,(H,19,23). The van der Waals surface area contributed by atoms with Crippen LogP contribution in [0.4, 0.5) is 4.79 Å². The van der Waals surface area contributed by atoms with Crippen LogP contribution in [0.15, 0.2) is 28.8 Å². The minimum absolute atomic E-state index is 0.0710. The lowest BCUT2D eigenvalue weighted by molar-refractivity contribution is 0.158. The number of likely N-dealkylation sites (tertiary alicyclic amines) is 1. The van der Waals surface area contributed by atoms with Crippen LogP contribution in [0.25, 0.3) is 0 Å². The first-order valence-corrected chi connectivity index (χ1v) is 8.54. The van der Waals surface area contributed by atoms with E-state index >= 15 is 0 Å². The van der Waals surface area contributed by atoms with Crippen molar-refractivity contribution in [2.45, 2.75) is 52.1 Å². The highest BCUT2D eigenvalue weighted by Crippen LogP contribution is 2.29. The molecule has 2 heterocycles. The van der Waals surface area contributed by atoms with Crippen LogP contribution >= 0.6 is 0 Å². The zero-order valence-electron chi connectivity index (χ0n) is 14.3. The molecule has 1 aliphatic rings. The van der Waals surface area contributed by atoms with Crippen LogP contribution in [0.2, 0.25) is 0 Å². The molecule has 0 bridgehead atoms. The Balaban J connectivity index is 1.68. The maximum Gasteiger partial charge on any atom is 0.318 e. The van der Waals surface area contributed by atoms with Crippen molar-refractivity contribution in [3.05, 3.63) is 47.1 Å².